The van der Waals surface area contributed by atoms with Crippen molar-refractivity contribution in [3.05, 3.63) is 473 Å². The van der Waals surface area contributed by atoms with Gasteiger partial charge in [-0.05, 0) is 129 Å². The Kier molecular flexibility index (Phi) is 22.3. The van der Waals surface area contributed by atoms with Crippen LogP contribution in [0.5, 0.6) is 0 Å². The van der Waals surface area contributed by atoms with Gasteiger partial charge in [0.2, 0.25) is 5.89 Å². The first kappa shape index (κ1) is 84.6. The van der Waals surface area contributed by atoms with Crippen LogP contribution in [0.1, 0.15) is 0 Å². The van der Waals surface area contributed by atoms with Crippen molar-refractivity contribution in [2.75, 3.05) is 0 Å². The molecule has 8 aromatic heterocycles. The summed E-state index contributed by atoms with van der Waals surface area (Å²) >= 11 is 5.21. The van der Waals surface area contributed by atoms with Crippen LogP contribution in [0.3, 0.4) is 0 Å². The molecule has 8 heterocycles. The second-order valence-corrected chi connectivity index (χ2v) is 37.4. The quantitative estimate of drug-likeness (QED) is 0.108. The molecule has 0 saturated carbocycles. The van der Waals surface area contributed by atoms with Crippen LogP contribution in [0, 0.1) is 0 Å². The van der Waals surface area contributed by atoms with Gasteiger partial charge >= 0.3 is 0 Å². The Hall–Kier alpha value is -18.1. The first-order chi connectivity index (χ1) is 69.8. The number of oxazole rings is 1. The Labute approximate surface area is 822 Å². The van der Waals surface area contributed by atoms with E-state index in [1.165, 1.54) is 41.0 Å². The van der Waals surface area contributed by atoms with Crippen molar-refractivity contribution in [3.63, 3.8) is 0 Å². The Balaban J connectivity index is 0.0000000995. The minimum absolute atomic E-state index is 0.638. The highest BCUT2D eigenvalue weighted by Crippen LogP contribution is 2.45. The van der Waals surface area contributed by atoms with E-state index in [0.717, 1.165) is 192 Å². The lowest BCUT2D eigenvalue weighted by atomic mass is 9.96. The maximum atomic E-state index is 6.31. The molecule has 0 N–H and O–H groups in total. The van der Waals surface area contributed by atoms with Crippen molar-refractivity contribution < 1.29 is 8.83 Å². The van der Waals surface area contributed by atoms with Crippen molar-refractivity contribution in [2.24, 2.45) is 0 Å². The summed E-state index contributed by atoms with van der Waals surface area (Å²) in [6, 6.07) is 163. The summed E-state index contributed by atoms with van der Waals surface area (Å²) in [6.45, 7) is 0. The molecule has 0 radical (unpaired) electrons. The van der Waals surface area contributed by atoms with E-state index in [0.29, 0.717) is 29.2 Å². The monoisotopic (exact) mass is 1860 g/mol. The van der Waals surface area contributed by atoms with E-state index in [2.05, 4.69) is 285 Å². The second kappa shape index (κ2) is 37.2. The summed E-state index contributed by atoms with van der Waals surface area (Å²) in [5.41, 5.74) is 26.4. The van der Waals surface area contributed by atoms with E-state index in [-0.39, 0.29) is 0 Å². The number of pyridine rings is 1. The van der Waals surface area contributed by atoms with Gasteiger partial charge in [0, 0.05) is 104 Å². The standard InChI is InChI=1S/C35H21NO2.C33H21N3S.C32H20N4S.C26H16N2S/c1-2-8-23(9-3-1)35-36-33-30-21-25(17-16-22(30)18-19-32(33)38-35)24-10-6-11-26(20-24)27-13-7-14-29-28-12-4-5-15-31(28)37-34(27)29;1-4-10-23(11-5-1)29-21-30(24-12-6-2-7-13-24)35-32(34-29)26-17-16-22-18-19-28-31(27(22)20-26)37-33(36-28)25-14-8-3-9-15-25;1-4-10-22(11-5-1)29-34-30(23-12-6-2-7-13-23)36-31(35-29)25-17-16-21-18-19-27-28(26(21)20-25)37-32(33-27)24-14-8-3-9-15-24;1-2-7-19(8-3-1)26-28-24-15-12-17-10-11-20(16-21(17)25(24)29-26)23-14-13-18-6-4-5-9-22(18)27-23/h1-21H;1-21H;1-20H;1-16H. The summed E-state index contributed by atoms with van der Waals surface area (Å²) in [5.74, 6) is 3.32. The molecule has 15 heteroatoms. The zero-order valence-electron chi connectivity index (χ0n) is 75.5. The normalized spacial score (nSPS) is 11.4. The van der Waals surface area contributed by atoms with E-state index in [9.17, 15) is 0 Å². The molecular formula is C126H78N10O2S3. The lowest BCUT2D eigenvalue weighted by Crippen LogP contribution is -2.00. The third-order valence-electron chi connectivity index (χ3n) is 25.5. The summed E-state index contributed by atoms with van der Waals surface area (Å²) in [4.78, 5) is 49.1. The first-order valence-corrected chi connectivity index (χ1v) is 49.1. The molecule has 0 aliphatic carbocycles. The highest BCUT2D eigenvalue weighted by molar-refractivity contribution is 7.23. The van der Waals surface area contributed by atoms with E-state index < -0.39 is 0 Å². The largest absolute Gasteiger partial charge is 0.455 e. The average molecular weight is 1860 g/mol. The van der Waals surface area contributed by atoms with Gasteiger partial charge < -0.3 is 8.83 Å². The molecule has 12 nitrogen and oxygen atoms in total. The predicted molar refractivity (Wildman–Crippen MR) is 585 cm³/mol. The third kappa shape index (κ3) is 17.0. The molecule has 0 amide bonds. The summed E-state index contributed by atoms with van der Waals surface area (Å²) in [6.07, 6.45) is 0. The van der Waals surface area contributed by atoms with Crippen molar-refractivity contribution >= 4 is 152 Å². The SMILES string of the molecule is c1ccc(-c2cc(-c3ccccc3)nc(-c3ccc4ccc5nc(-c6ccccc6)sc5c4c3)n2)cc1.c1ccc(-c2nc(-c3ccccc3)nc(-c3ccc4ccc5nc(-c6ccccc6)sc5c4c3)n2)cc1.c1ccc(-c2nc3c(ccc4ccc(-c5cccc(-c6cccc7c6oc6ccccc67)c5)cc43)o2)cc1.c1ccc(-c2nc3ccc4ccc(-c5ccc6ccccc6n5)cc4c3s2)cc1. The maximum Gasteiger partial charge on any atom is 0.227 e. The topological polar surface area (TPSA) is 155 Å². The van der Waals surface area contributed by atoms with Crippen molar-refractivity contribution in [1.29, 1.82) is 0 Å². The van der Waals surface area contributed by atoms with Gasteiger partial charge in [0.05, 0.1) is 53.2 Å². The van der Waals surface area contributed by atoms with E-state index in [1.54, 1.807) is 34.0 Å². The van der Waals surface area contributed by atoms with Gasteiger partial charge in [0.1, 0.15) is 31.7 Å². The molecule has 662 valence electrons. The number of rotatable bonds is 13. The fraction of sp³-hybridized carbons (Fsp3) is 0. The number of hydrogen-bond acceptors (Lipinski definition) is 15. The Bertz CT molecular complexity index is 9170. The number of fused-ring (bicyclic) bond motifs is 16. The van der Waals surface area contributed by atoms with E-state index in [4.69, 9.17) is 58.7 Å². The number of benzene rings is 20. The molecule has 141 heavy (non-hydrogen) atoms. The van der Waals surface area contributed by atoms with Gasteiger partial charge in [-0.1, -0.05) is 382 Å². The molecule has 0 aliphatic heterocycles. The highest BCUT2D eigenvalue weighted by atomic mass is 32.1. The fourth-order valence-corrected chi connectivity index (χ4v) is 21.6. The van der Waals surface area contributed by atoms with Crippen molar-refractivity contribution in [3.8, 4) is 145 Å². The Morgan fingerprint density at radius 2 is 0.539 bits per heavy atom. The molecular weight excluding hydrogens is 1780 g/mol. The Morgan fingerprint density at radius 1 is 0.170 bits per heavy atom. The summed E-state index contributed by atoms with van der Waals surface area (Å²) < 4.78 is 16.0. The van der Waals surface area contributed by atoms with Crippen LogP contribution in [-0.2, 0) is 0 Å². The minimum atomic E-state index is 0.638. The molecule has 28 aromatic rings. The minimum Gasteiger partial charge on any atom is -0.455 e. The number of thiazole rings is 3. The number of aromatic nitrogens is 10. The second-order valence-electron chi connectivity index (χ2n) is 34.4. The number of furan rings is 1. The van der Waals surface area contributed by atoms with Gasteiger partial charge in [-0.15, -0.1) is 34.0 Å². The van der Waals surface area contributed by atoms with Gasteiger partial charge in [0.25, 0.3) is 0 Å². The van der Waals surface area contributed by atoms with Crippen LogP contribution in [0.4, 0.5) is 0 Å². The van der Waals surface area contributed by atoms with Crippen LogP contribution < -0.4 is 0 Å². The Morgan fingerprint density at radius 3 is 1.06 bits per heavy atom. The molecule has 0 spiro atoms. The van der Waals surface area contributed by atoms with Gasteiger partial charge in [0.15, 0.2) is 28.9 Å². The van der Waals surface area contributed by atoms with E-state index >= 15 is 0 Å². The number of para-hydroxylation sites is 3. The van der Waals surface area contributed by atoms with Gasteiger partial charge in [-0.25, -0.2) is 49.8 Å². The average Bonchev–Trinajstić information content (AvgIpc) is 1.69. The lowest BCUT2D eigenvalue weighted by molar-refractivity contribution is 0.620. The number of nitrogens with zero attached hydrogens (tertiary/aromatic N) is 10. The zero-order valence-corrected chi connectivity index (χ0v) is 78.0. The smallest absolute Gasteiger partial charge is 0.227 e. The first-order valence-electron chi connectivity index (χ1n) is 46.6. The van der Waals surface area contributed by atoms with Gasteiger partial charge in [-0.2, -0.15) is 0 Å². The van der Waals surface area contributed by atoms with E-state index in [1.807, 2.05) is 188 Å². The molecule has 0 bridgehead atoms. The predicted octanol–water partition coefficient (Wildman–Crippen LogP) is 34.4. The third-order valence-corrected chi connectivity index (χ3v) is 28.9. The molecule has 0 atom stereocenters. The molecule has 0 fully saturated rings. The van der Waals surface area contributed by atoms with Crippen molar-refractivity contribution in [1.82, 2.24) is 49.8 Å². The van der Waals surface area contributed by atoms with Crippen LogP contribution >= 0.6 is 34.0 Å². The van der Waals surface area contributed by atoms with Crippen LogP contribution in [0.2, 0.25) is 0 Å². The molecule has 0 saturated heterocycles. The van der Waals surface area contributed by atoms with Crippen LogP contribution in [-0.4, -0.2) is 49.8 Å². The summed E-state index contributed by atoms with van der Waals surface area (Å²) in [5, 5.41) is 15.9. The highest BCUT2D eigenvalue weighted by Gasteiger charge is 2.22. The molecule has 28 rings (SSSR count). The molecule has 0 aliphatic rings. The maximum absolute atomic E-state index is 6.31. The number of hydrogen-bond donors (Lipinski definition) is 0. The molecule has 0 unspecified atom stereocenters. The molecule has 20 aromatic carbocycles. The van der Waals surface area contributed by atoms with Crippen LogP contribution in [0.15, 0.2) is 482 Å². The summed E-state index contributed by atoms with van der Waals surface area (Å²) in [7, 11) is 0. The zero-order chi connectivity index (χ0) is 93.5. The lowest BCUT2D eigenvalue weighted by Gasteiger charge is -2.10. The van der Waals surface area contributed by atoms with Crippen molar-refractivity contribution in [2.45, 2.75) is 0 Å². The van der Waals surface area contributed by atoms with Gasteiger partial charge in [-0.3, -0.25) is 0 Å². The fourth-order valence-electron chi connectivity index (χ4n) is 18.4. The van der Waals surface area contributed by atoms with Crippen LogP contribution in [0.25, 0.3) is 262 Å².